The van der Waals surface area contributed by atoms with Gasteiger partial charge in [-0.25, -0.2) is 9.48 Å². The van der Waals surface area contributed by atoms with Crippen molar-refractivity contribution in [2.75, 3.05) is 33.5 Å². The number of rotatable bonds is 11. The van der Waals surface area contributed by atoms with E-state index in [9.17, 15) is 27.9 Å². The summed E-state index contributed by atoms with van der Waals surface area (Å²) in [6, 6.07) is 6.43. The van der Waals surface area contributed by atoms with Crippen molar-refractivity contribution >= 4 is 5.97 Å². The third-order valence-corrected chi connectivity index (χ3v) is 4.10. The fraction of sp³-hybridized carbons (Fsp3) is 0.450. The van der Waals surface area contributed by atoms with Crippen LogP contribution in [0.15, 0.2) is 35.3 Å². The Balaban J connectivity index is 2.05. The fourth-order valence-electron chi connectivity index (χ4n) is 2.57. The predicted octanol–water partition coefficient (Wildman–Crippen LogP) is 1.64. The van der Waals surface area contributed by atoms with E-state index in [1.165, 1.54) is 7.11 Å². The molecule has 176 valence electrons. The van der Waals surface area contributed by atoms with E-state index in [1.807, 2.05) is 0 Å². The highest BCUT2D eigenvalue weighted by molar-refractivity contribution is 5.74. The normalized spacial score (nSPS) is 12.3. The maximum absolute atomic E-state index is 13.5. The molecule has 12 heteroatoms. The maximum Gasteiger partial charge on any atom is 0.425 e. The minimum atomic E-state index is -4.97. The summed E-state index contributed by atoms with van der Waals surface area (Å²) in [5.41, 5.74) is -2.30. The molecule has 2 rings (SSSR count). The van der Waals surface area contributed by atoms with E-state index in [0.29, 0.717) is 16.0 Å². The highest BCUT2D eigenvalue weighted by atomic mass is 19.4. The zero-order valence-corrected chi connectivity index (χ0v) is 17.4. The van der Waals surface area contributed by atoms with Crippen molar-refractivity contribution in [1.82, 2.24) is 9.78 Å². The van der Waals surface area contributed by atoms with Gasteiger partial charge < -0.3 is 24.1 Å². The van der Waals surface area contributed by atoms with Crippen molar-refractivity contribution in [3.63, 3.8) is 0 Å². The number of ether oxygens (including phenoxy) is 4. The number of benzene rings is 1. The van der Waals surface area contributed by atoms with Crippen LogP contribution in [0.4, 0.5) is 13.2 Å². The summed E-state index contributed by atoms with van der Waals surface area (Å²) < 4.78 is 60.9. The van der Waals surface area contributed by atoms with E-state index < -0.39 is 41.7 Å². The van der Waals surface area contributed by atoms with Gasteiger partial charge in [-0.2, -0.15) is 18.3 Å². The molecule has 0 amide bonds. The number of carbonyl (C=O) groups is 1. The Hall–Kier alpha value is -3.12. The quantitative estimate of drug-likeness (QED) is 0.398. The van der Waals surface area contributed by atoms with Crippen molar-refractivity contribution < 1.29 is 42.0 Å². The smallest absolute Gasteiger partial charge is 0.425 e. The number of aliphatic hydroxyl groups is 1. The molecule has 1 aromatic heterocycles. The highest BCUT2D eigenvalue weighted by Gasteiger charge is 2.39. The van der Waals surface area contributed by atoms with Crippen LogP contribution < -0.4 is 15.0 Å². The Kier molecular flexibility index (Phi) is 9.02. The molecule has 1 aromatic carbocycles. The van der Waals surface area contributed by atoms with Gasteiger partial charge in [0.05, 0.1) is 39.7 Å². The van der Waals surface area contributed by atoms with Gasteiger partial charge >= 0.3 is 12.1 Å². The average molecular weight is 460 g/mol. The molecule has 9 nitrogen and oxygen atoms in total. The molecule has 0 radical (unpaired) electrons. The van der Waals surface area contributed by atoms with E-state index in [0.717, 1.165) is 6.20 Å². The van der Waals surface area contributed by atoms with E-state index >= 15 is 0 Å². The molecule has 1 atom stereocenters. The van der Waals surface area contributed by atoms with Gasteiger partial charge in [-0.15, -0.1) is 0 Å². The van der Waals surface area contributed by atoms with Gasteiger partial charge in [-0.05, 0) is 24.6 Å². The fourth-order valence-corrected chi connectivity index (χ4v) is 2.57. The average Bonchev–Trinajstić information content (AvgIpc) is 2.74. The lowest BCUT2D eigenvalue weighted by Crippen LogP contribution is -2.32. The van der Waals surface area contributed by atoms with Crippen LogP contribution in [0.3, 0.4) is 0 Å². The first-order valence-corrected chi connectivity index (χ1v) is 9.52. The molecular weight excluding hydrogens is 437 g/mol. The Morgan fingerprint density at radius 2 is 1.91 bits per heavy atom. The van der Waals surface area contributed by atoms with Crippen LogP contribution in [0, 0.1) is 0 Å². The first-order chi connectivity index (χ1) is 15.2. The summed E-state index contributed by atoms with van der Waals surface area (Å²) in [6.07, 6.45) is -5.69. The Bertz CT molecular complexity index is 946. The number of aliphatic hydroxyl groups excluding tert-OH is 1. The number of methoxy groups -OCH3 is 1. The van der Waals surface area contributed by atoms with Crippen molar-refractivity contribution in [3.8, 4) is 11.5 Å². The lowest BCUT2D eigenvalue weighted by Gasteiger charge is -2.15. The van der Waals surface area contributed by atoms with E-state index in [-0.39, 0.29) is 26.4 Å². The van der Waals surface area contributed by atoms with Gasteiger partial charge in [0, 0.05) is 0 Å². The second-order valence-corrected chi connectivity index (χ2v) is 6.38. The van der Waals surface area contributed by atoms with Crippen molar-refractivity contribution in [2.24, 2.45) is 0 Å². The lowest BCUT2D eigenvalue weighted by atomic mass is 10.2. The molecule has 1 N–H and O–H groups in total. The first-order valence-electron chi connectivity index (χ1n) is 9.52. The third-order valence-electron chi connectivity index (χ3n) is 4.10. The van der Waals surface area contributed by atoms with Crippen molar-refractivity contribution in [1.29, 1.82) is 0 Å². The van der Waals surface area contributed by atoms with Crippen LogP contribution in [-0.2, 0) is 27.0 Å². The molecule has 2 aromatic rings. The minimum Gasteiger partial charge on any atom is -0.497 e. The number of aromatic nitrogens is 2. The van der Waals surface area contributed by atoms with Crippen LogP contribution in [0.1, 0.15) is 18.1 Å². The van der Waals surface area contributed by atoms with Gasteiger partial charge in [-0.3, -0.25) is 4.79 Å². The molecular formula is C20H23F3N2O7. The zero-order valence-electron chi connectivity index (χ0n) is 17.4. The van der Waals surface area contributed by atoms with Gasteiger partial charge in [0.25, 0.3) is 5.56 Å². The van der Waals surface area contributed by atoms with E-state index in [2.05, 4.69) is 9.84 Å². The van der Waals surface area contributed by atoms with Crippen molar-refractivity contribution in [2.45, 2.75) is 25.7 Å². The van der Waals surface area contributed by atoms with Gasteiger partial charge in [0.2, 0.25) is 0 Å². The summed E-state index contributed by atoms with van der Waals surface area (Å²) in [5.74, 6) is -1.06. The summed E-state index contributed by atoms with van der Waals surface area (Å²) >= 11 is 0. The van der Waals surface area contributed by atoms with Gasteiger partial charge in [0.1, 0.15) is 12.4 Å². The van der Waals surface area contributed by atoms with Crippen LogP contribution in [0.2, 0.25) is 0 Å². The highest BCUT2D eigenvalue weighted by Crippen LogP contribution is 2.33. The molecule has 0 saturated heterocycles. The summed E-state index contributed by atoms with van der Waals surface area (Å²) in [4.78, 5) is 23.7. The number of esters is 1. The van der Waals surface area contributed by atoms with Crippen LogP contribution in [-0.4, -0.2) is 60.5 Å². The molecule has 0 aliphatic rings. The molecule has 0 fully saturated rings. The first kappa shape index (κ1) is 25.1. The number of alkyl halides is 3. The standard InChI is InChI=1S/C20H23F3N2O7/c1-3-31-19(28)15(26)12-30-8-9-32-16-10-24-25(18(27)17(16)20(21,22)23)11-13-4-6-14(29-2)7-5-13/h4-7,10,15,26H,3,8-9,11-12H2,1-2H3. The topological polar surface area (TPSA) is 109 Å². The predicted molar refractivity (Wildman–Crippen MR) is 105 cm³/mol. The van der Waals surface area contributed by atoms with Crippen LogP contribution in [0.5, 0.6) is 11.5 Å². The molecule has 0 aliphatic carbocycles. The molecule has 0 spiro atoms. The maximum atomic E-state index is 13.5. The largest absolute Gasteiger partial charge is 0.497 e. The number of halogens is 3. The number of hydrogen-bond acceptors (Lipinski definition) is 8. The Labute approximate surface area is 181 Å². The second-order valence-electron chi connectivity index (χ2n) is 6.38. The Morgan fingerprint density at radius 3 is 2.50 bits per heavy atom. The number of nitrogens with zero attached hydrogens (tertiary/aromatic N) is 2. The molecule has 0 aliphatic heterocycles. The summed E-state index contributed by atoms with van der Waals surface area (Å²) in [6.45, 7) is 0.425. The lowest BCUT2D eigenvalue weighted by molar-refractivity contribution is -0.156. The van der Waals surface area contributed by atoms with Crippen LogP contribution in [0.25, 0.3) is 0 Å². The molecule has 32 heavy (non-hydrogen) atoms. The van der Waals surface area contributed by atoms with Gasteiger partial charge in [0.15, 0.2) is 17.4 Å². The second kappa shape index (κ2) is 11.5. The molecule has 0 bridgehead atoms. The molecule has 1 heterocycles. The van der Waals surface area contributed by atoms with Crippen molar-refractivity contribution in [3.05, 3.63) is 51.9 Å². The van der Waals surface area contributed by atoms with E-state index in [1.54, 1.807) is 31.2 Å². The zero-order chi connectivity index (χ0) is 23.7. The molecule has 0 saturated carbocycles. The minimum absolute atomic E-state index is 0.0796. The number of carbonyl (C=O) groups excluding carboxylic acids is 1. The molecule has 1 unspecified atom stereocenters. The van der Waals surface area contributed by atoms with E-state index in [4.69, 9.17) is 14.2 Å². The number of hydrogen-bond donors (Lipinski definition) is 1. The third kappa shape index (κ3) is 6.95. The monoisotopic (exact) mass is 460 g/mol. The Morgan fingerprint density at radius 1 is 1.22 bits per heavy atom. The van der Waals surface area contributed by atoms with Crippen LogP contribution >= 0.6 is 0 Å². The van der Waals surface area contributed by atoms with Gasteiger partial charge in [-0.1, -0.05) is 12.1 Å². The summed E-state index contributed by atoms with van der Waals surface area (Å²) in [7, 11) is 1.48. The SMILES string of the molecule is CCOC(=O)C(O)COCCOc1cnn(Cc2ccc(OC)cc2)c(=O)c1C(F)(F)F. The summed E-state index contributed by atoms with van der Waals surface area (Å²) in [5, 5.41) is 13.3.